The van der Waals surface area contributed by atoms with E-state index in [1.807, 2.05) is 0 Å². The van der Waals surface area contributed by atoms with Gasteiger partial charge in [-0.1, -0.05) is 83.9 Å². The van der Waals surface area contributed by atoms with Gasteiger partial charge >= 0.3 is 17.9 Å². The van der Waals surface area contributed by atoms with Crippen LogP contribution in [0.25, 0.3) is 4.85 Å². The van der Waals surface area contributed by atoms with E-state index in [4.69, 9.17) is 30.3 Å². The molecule has 4 aliphatic heterocycles. The Morgan fingerprint density at radius 2 is 1.07 bits per heavy atom. The molecule has 0 aromatic rings. The summed E-state index contributed by atoms with van der Waals surface area (Å²) in [6.07, 6.45) is 15.7. The number of hydrogen-bond acceptors (Lipinski definition) is 14. The molecule has 17 nitrogen and oxygen atoms in total. The normalized spacial score (nSPS) is 31.3. The highest BCUT2D eigenvalue weighted by atomic mass is 16.6. The number of carbonyl (C=O) groups is 9. The number of fused-ring (bicyclic) bond motifs is 6. The lowest BCUT2D eigenvalue weighted by atomic mass is 9.84. The van der Waals surface area contributed by atoms with Crippen LogP contribution in [0.15, 0.2) is 0 Å². The van der Waals surface area contributed by atoms with E-state index in [0.717, 1.165) is 83.3 Å². The van der Waals surface area contributed by atoms with E-state index in [2.05, 4.69) is 32.5 Å². The molecule has 8 aliphatic rings. The molecule has 4 saturated heterocycles. The Labute approximate surface area is 489 Å². The smallest absolute Gasteiger partial charge is 0.307 e. The molecular formula is C65H102N3O14+. The Bertz CT molecular complexity index is 2300. The van der Waals surface area contributed by atoms with Crippen molar-refractivity contribution in [2.45, 2.75) is 246 Å². The summed E-state index contributed by atoms with van der Waals surface area (Å²) >= 11 is 0. The Balaban J connectivity index is 0.000000248. The molecule has 0 N–H and O–H groups in total. The Hall–Kier alpha value is -4.56. The van der Waals surface area contributed by atoms with Gasteiger partial charge in [-0.3, -0.25) is 38.4 Å². The van der Waals surface area contributed by atoms with E-state index in [1.165, 1.54) is 19.8 Å². The van der Waals surface area contributed by atoms with Gasteiger partial charge in [0, 0.05) is 77.2 Å². The summed E-state index contributed by atoms with van der Waals surface area (Å²) < 4.78 is 28.5. The maximum Gasteiger partial charge on any atom is 0.307 e. The summed E-state index contributed by atoms with van der Waals surface area (Å²) in [7, 11) is 0. The van der Waals surface area contributed by atoms with Crippen molar-refractivity contribution in [1.29, 1.82) is 0 Å². The van der Waals surface area contributed by atoms with Crippen LogP contribution in [-0.4, -0.2) is 138 Å². The number of ether oxygens (including phenoxy) is 5. The molecule has 4 heterocycles. The van der Waals surface area contributed by atoms with Crippen molar-refractivity contribution in [3.8, 4) is 6.57 Å². The van der Waals surface area contributed by atoms with Crippen LogP contribution < -0.4 is 0 Å². The van der Waals surface area contributed by atoms with E-state index in [1.54, 1.807) is 51.3 Å². The molecular weight excluding hydrogens is 1050 g/mol. The first kappa shape index (κ1) is 66.6. The minimum absolute atomic E-state index is 0.00573. The zero-order valence-corrected chi connectivity index (χ0v) is 51.8. The van der Waals surface area contributed by atoms with Gasteiger partial charge in [-0.25, -0.2) is 0 Å². The molecule has 17 heteroatoms. The van der Waals surface area contributed by atoms with Gasteiger partial charge in [-0.15, -0.1) is 0 Å². The summed E-state index contributed by atoms with van der Waals surface area (Å²) in [4.78, 5) is 125. The molecule has 2 amide bonds. The van der Waals surface area contributed by atoms with Crippen LogP contribution in [0.4, 0.5) is 0 Å². The second kappa shape index (κ2) is 29.0. The summed E-state index contributed by atoms with van der Waals surface area (Å²) in [6, 6.07) is -0.625. The van der Waals surface area contributed by atoms with Crippen LogP contribution in [0.1, 0.15) is 211 Å². The quantitative estimate of drug-likeness (QED) is 0.113. The zero-order chi connectivity index (χ0) is 60.3. The lowest BCUT2D eigenvalue weighted by Crippen LogP contribution is -2.50. The fraction of sp³-hybridized carbons (Fsp3) is 0.846. The maximum absolute atomic E-state index is 14.3. The van der Waals surface area contributed by atoms with Gasteiger partial charge in [0.05, 0.1) is 50.0 Å². The summed E-state index contributed by atoms with van der Waals surface area (Å²) in [5.74, 6) is -3.29. The zero-order valence-electron chi connectivity index (χ0n) is 51.8. The van der Waals surface area contributed by atoms with Crippen molar-refractivity contribution in [3.05, 3.63) is 4.85 Å². The van der Waals surface area contributed by atoms with Gasteiger partial charge in [-0.2, -0.15) is 0 Å². The van der Waals surface area contributed by atoms with E-state index in [0.29, 0.717) is 57.5 Å². The third-order valence-corrected chi connectivity index (χ3v) is 18.5. The minimum atomic E-state index is -0.942. The molecule has 0 aromatic carbocycles. The van der Waals surface area contributed by atoms with Crippen LogP contribution in [0.5, 0.6) is 0 Å². The SMILES string of the molecule is C#[N+]C1CC1.CC(=O)OC(C(=O)CC1CC1)[C@@H]1CCCCCCCOC[C@H](CC(=O)OC(C)(C)C)C(=O)N2C[C@H]3[C@@H]([C@H]2C(=O)C1)C3(C)C.CC(C)(C)OC(=O)C[C@H]1COCCCCCCC[C@@H](C=O)CC(=O)[C@@H]2[C@@H]3[C@H](CN2C1=O)C3(C)C. The average molecular weight is 1150 g/mol. The average Bonchev–Trinajstić information content (AvgIpc) is 1.82. The third-order valence-electron chi connectivity index (χ3n) is 18.5. The lowest BCUT2D eigenvalue weighted by molar-refractivity contribution is -0.161. The van der Waals surface area contributed by atoms with E-state index in [9.17, 15) is 43.2 Å². The maximum atomic E-state index is 14.3. The van der Waals surface area contributed by atoms with Gasteiger partial charge in [0.25, 0.3) is 12.6 Å². The van der Waals surface area contributed by atoms with E-state index in [-0.39, 0.29) is 108 Å². The second-order valence-electron chi connectivity index (χ2n) is 28.5. The molecule has 0 radical (unpaired) electrons. The first-order valence-electron chi connectivity index (χ1n) is 31.4. The second-order valence-corrected chi connectivity index (χ2v) is 28.5. The van der Waals surface area contributed by atoms with Crippen molar-refractivity contribution in [2.75, 3.05) is 39.5 Å². The number of hydrogen-bond donors (Lipinski definition) is 0. The molecule has 1 unspecified atom stereocenters. The van der Waals surface area contributed by atoms with Crippen molar-refractivity contribution >= 4 is 53.4 Å². The van der Waals surface area contributed by atoms with Gasteiger partial charge in [0.1, 0.15) is 17.5 Å². The van der Waals surface area contributed by atoms with Gasteiger partial charge < -0.3 is 38.3 Å². The molecule has 4 aliphatic carbocycles. The van der Waals surface area contributed by atoms with Crippen molar-refractivity contribution in [2.24, 2.45) is 64.1 Å². The molecule has 8 rings (SSSR count). The van der Waals surface area contributed by atoms with Crippen LogP contribution in [0, 0.1) is 70.7 Å². The number of aldehydes is 1. The van der Waals surface area contributed by atoms with Crippen molar-refractivity contribution < 1.29 is 66.8 Å². The number of carbonyl (C=O) groups excluding carboxylic acids is 9. The fourth-order valence-corrected chi connectivity index (χ4v) is 13.5. The molecule has 0 bridgehead atoms. The molecule has 0 aromatic heterocycles. The van der Waals surface area contributed by atoms with Crippen LogP contribution in [0.3, 0.4) is 0 Å². The standard InChI is InChI=1S/C34H53NO8.C27H43NO6.C4H6N/c1-21(36)42-31(27(38)16-22-13-14-22)23-12-10-8-7-9-11-15-41-20-24(18-28(39)43-33(2,3)4)32(40)35-19-25-29(34(25,5)6)30(35)26(37)17-23;1-26(2,3)34-22(31)14-19-17-33-12-10-8-6-7-9-11-18(16-29)13-21(30)24-23-20(27(23,4)5)15-28(24)25(19)32;1-5-4-2-3-4/h22-25,29-31H,7-20H2,1-6H3;16,18-20,23-24H,6-15,17H2,1-5H3;1,4H,2-3H2/q;;+1/t23-,24+,25+,29+,30-,31?;18-,19+,20+,23+,24-;/m11./s1. The van der Waals surface area contributed by atoms with Crippen molar-refractivity contribution in [3.63, 3.8) is 0 Å². The van der Waals surface area contributed by atoms with Crippen LogP contribution >= 0.6 is 0 Å². The summed E-state index contributed by atoms with van der Waals surface area (Å²) in [6.45, 7) is 27.8. The van der Waals surface area contributed by atoms with Crippen LogP contribution in [0.2, 0.25) is 0 Å². The molecule has 11 atom stereocenters. The Morgan fingerprint density at radius 1 is 0.634 bits per heavy atom. The highest BCUT2D eigenvalue weighted by molar-refractivity contribution is 5.95. The van der Waals surface area contributed by atoms with Crippen LogP contribution in [-0.2, 0) is 66.8 Å². The highest BCUT2D eigenvalue weighted by Crippen LogP contribution is 2.66. The topological polar surface area (TPSA) is 211 Å². The highest BCUT2D eigenvalue weighted by Gasteiger charge is 2.70. The third kappa shape index (κ3) is 19.2. The van der Waals surface area contributed by atoms with Crippen molar-refractivity contribution in [1.82, 2.24) is 9.80 Å². The monoisotopic (exact) mass is 1150 g/mol. The van der Waals surface area contributed by atoms with Gasteiger partial charge in [-0.05, 0) is 120 Å². The number of esters is 3. The molecule has 460 valence electrons. The predicted molar refractivity (Wildman–Crippen MR) is 309 cm³/mol. The minimum Gasteiger partial charge on any atom is -0.460 e. The predicted octanol–water partition coefficient (Wildman–Crippen LogP) is 10.1. The first-order chi connectivity index (χ1) is 38.6. The molecule has 4 saturated carbocycles. The van der Waals surface area contributed by atoms with E-state index >= 15 is 0 Å². The molecule has 8 fully saturated rings. The summed E-state index contributed by atoms with van der Waals surface area (Å²) in [5.41, 5.74) is -1.39. The first-order valence-corrected chi connectivity index (χ1v) is 31.4. The number of ketones is 3. The Kier molecular flexibility index (Phi) is 23.6. The number of rotatable bonds is 10. The number of piperidine rings is 2. The molecule has 0 spiro atoms. The van der Waals surface area contributed by atoms with Gasteiger partial charge in [0.2, 0.25) is 11.8 Å². The largest absolute Gasteiger partial charge is 0.460 e. The molecule has 82 heavy (non-hydrogen) atoms. The summed E-state index contributed by atoms with van der Waals surface area (Å²) in [5, 5.41) is 0. The number of amides is 2. The van der Waals surface area contributed by atoms with Gasteiger partial charge in [0.15, 0.2) is 23.5 Å². The number of nitrogens with zero attached hydrogens (tertiary/aromatic N) is 3. The lowest BCUT2D eigenvalue weighted by Gasteiger charge is -2.34. The Morgan fingerprint density at radius 3 is 1.48 bits per heavy atom. The van der Waals surface area contributed by atoms with E-state index < -0.39 is 65.1 Å². The number of Topliss-reactive ketones (excluding diaryl/α,β-unsaturated/α-hetero) is 3. The fourth-order valence-electron chi connectivity index (χ4n) is 13.5.